The fraction of sp³-hybridized carbons (Fsp3) is 1.00. The number of ether oxygens (including phenoxy) is 1. The van der Waals surface area contributed by atoms with Crippen LogP contribution in [0.15, 0.2) is 0 Å². The molecule has 2 aliphatic rings. The van der Waals surface area contributed by atoms with Gasteiger partial charge in [-0.3, -0.25) is 4.90 Å². The highest BCUT2D eigenvalue weighted by Crippen LogP contribution is 2.28. The monoisotopic (exact) mass is 310 g/mol. The summed E-state index contributed by atoms with van der Waals surface area (Å²) in [6, 6.07) is 0.711. The largest absolute Gasteiger partial charge is 0.373 e. The first-order chi connectivity index (χ1) is 10.4. The Morgan fingerprint density at radius 3 is 2.41 bits per heavy atom. The van der Waals surface area contributed by atoms with Crippen LogP contribution in [0.4, 0.5) is 0 Å². The summed E-state index contributed by atoms with van der Waals surface area (Å²) in [7, 11) is 0. The molecule has 2 atom stereocenters. The Morgan fingerprint density at radius 2 is 1.82 bits per heavy atom. The number of likely N-dealkylation sites (tertiary alicyclic amines) is 1. The van der Waals surface area contributed by atoms with Crippen LogP contribution in [0.1, 0.15) is 60.3 Å². The van der Waals surface area contributed by atoms with Crippen molar-refractivity contribution in [3.05, 3.63) is 0 Å². The van der Waals surface area contributed by atoms with E-state index < -0.39 is 0 Å². The molecule has 0 saturated carbocycles. The van der Waals surface area contributed by atoms with E-state index >= 15 is 0 Å². The summed E-state index contributed by atoms with van der Waals surface area (Å²) in [5.41, 5.74) is 0.0757. The summed E-state index contributed by atoms with van der Waals surface area (Å²) in [4.78, 5) is 5.31. The van der Waals surface area contributed by atoms with Gasteiger partial charge in [-0.2, -0.15) is 0 Å². The first-order valence-electron chi connectivity index (χ1n) is 9.52. The zero-order valence-electron chi connectivity index (χ0n) is 15.6. The van der Waals surface area contributed by atoms with Gasteiger partial charge in [-0.05, 0) is 65.0 Å². The highest BCUT2D eigenvalue weighted by Gasteiger charge is 2.34. The van der Waals surface area contributed by atoms with Gasteiger partial charge < -0.3 is 9.64 Å². The van der Waals surface area contributed by atoms with E-state index in [1.54, 1.807) is 0 Å². The molecule has 0 N–H and O–H groups in total. The molecule has 0 aromatic rings. The lowest BCUT2D eigenvalue weighted by Crippen LogP contribution is -2.52. The van der Waals surface area contributed by atoms with Gasteiger partial charge in [0.05, 0.1) is 12.2 Å². The van der Waals surface area contributed by atoms with Gasteiger partial charge in [0, 0.05) is 25.7 Å². The third-order valence-electron chi connectivity index (χ3n) is 5.79. The van der Waals surface area contributed by atoms with Crippen LogP contribution < -0.4 is 0 Å². The third kappa shape index (κ3) is 5.21. The summed E-state index contributed by atoms with van der Waals surface area (Å²) in [5.74, 6) is 1.65. The Bertz CT molecular complexity index is 325. The molecule has 2 unspecified atom stereocenters. The summed E-state index contributed by atoms with van der Waals surface area (Å²) in [6.07, 6.45) is 5.20. The maximum Gasteiger partial charge on any atom is 0.0784 e. The lowest BCUT2D eigenvalue weighted by atomic mass is 9.89. The average molecular weight is 311 g/mol. The van der Waals surface area contributed by atoms with Crippen LogP contribution in [0.3, 0.4) is 0 Å². The second kappa shape index (κ2) is 8.12. The van der Waals surface area contributed by atoms with E-state index in [-0.39, 0.29) is 5.60 Å². The smallest absolute Gasteiger partial charge is 0.0784 e. The molecule has 0 amide bonds. The Balaban J connectivity index is 1.78. The molecule has 2 saturated heterocycles. The fourth-order valence-electron chi connectivity index (χ4n) is 4.20. The lowest BCUT2D eigenvalue weighted by Gasteiger charge is -2.44. The van der Waals surface area contributed by atoms with Crippen LogP contribution in [-0.4, -0.2) is 60.8 Å². The molecule has 2 rings (SSSR count). The summed E-state index contributed by atoms with van der Waals surface area (Å²) >= 11 is 0. The summed E-state index contributed by atoms with van der Waals surface area (Å²) in [6.45, 7) is 18.6. The molecule has 2 heterocycles. The maximum absolute atomic E-state index is 6.16. The Hall–Kier alpha value is -0.120. The van der Waals surface area contributed by atoms with Crippen LogP contribution in [0.2, 0.25) is 0 Å². The van der Waals surface area contributed by atoms with Crippen LogP contribution in [0.5, 0.6) is 0 Å². The van der Waals surface area contributed by atoms with E-state index in [0.717, 1.165) is 31.5 Å². The molecule has 0 aliphatic carbocycles. The van der Waals surface area contributed by atoms with Gasteiger partial charge in [-0.25, -0.2) is 0 Å². The second-order valence-electron chi connectivity index (χ2n) is 8.32. The molecule has 2 aliphatic heterocycles. The molecule has 0 spiro atoms. The second-order valence-corrected chi connectivity index (χ2v) is 8.32. The molecule has 3 nitrogen and oxygen atoms in total. The topological polar surface area (TPSA) is 15.7 Å². The van der Waals surface area contributed by atoms with Crippen molar-refractivity contribution in [2.75, 3.05) is 39.3 Å². The van der Waals surface area contributed by atoms with Crippen LogP contribution in [0, 0.1) is 11.8 Å². The quantitative estimate of drug-likeness (QED) is 0.745. The van der Waals surface area contributed by atoms with Crippen molar-refractivity contribution in [2.45, 2.75) is 71.9 Å². The molecule has 130 valence electrons. The zero-order chi connectivity index (χ0) is 16.2. The molecule has 0 radical (unpaired) electrons. The van der Waals surface area contributed by atoms with E-state index in [1.165, 1.54) is 45.3 Å². The van der Waals surface area contributed by atoms with E-state index in [1.807, 2.05) is 0 Å². The number of hydrogen-bond acceptors (Lipinski definition) is 3. The predicted molar refractivity (Wildman–Crippen MR) is 94.3 cm³/mol. The van der Waals surface area contributed by atoms with E-state index in [4.69, 9.17) is 4.74 Å². The minimum absolute atomic E-state index is 0.0757. The van der Waals surface area contributed by atoms with E-state index in [2.05, 4.69) is 44.4 Å². The van der Waals surface area contributed by atoms with Crippen molar-refractivity contribution in [3.63, 3.8) is 0 Å². The van der Waals surface area contributed by atoms with E-state index in [0.29, 0.717) is 6.04 Å². The first-order valence-corrected chi connectivity index (χ1v) is 9.52. The SMILES string of the molecule is CCC(C)CC1(C)CN(CC2CCN(C(C)C)CC2)CCO1. The van der Waals surface area contributed by atoms with Gasteiger partial charge in [0.25, 0.3) is 0 Å². The lowest BCUT2D eigenvalue weighted by molar-refractivity contribution is -0.112. The number of hydrogen-bond donors (Lipinski definition) is 0. The average Bonchev–Trinajstić information content (AvgIpc) is 2.47. The van der Waals surface area contributed by atoms with Crippen molar-refractivity contribution in [1.29, 1.82) is 0 Å². The van der Waals surface area contributed by atoms with Crippen molar-refractivity contribution in [2.24, 2.45) is 11.8 Å². The third-order valence-corrected chi connectivity index (χ3v) is 5.79. The number of morpholine rings is 1. The Labute approximate surface area is 138 Å². The molecule has 0 bridgehead atoms. The van der Waals surface area contributed by atoms with Gasteiger partial charge in [0.15, 0.2) is 0 Å². The predicted octanol–water partition coefficient (Wildman–Crippen LogP) is 3.63. The number of piperidine rings is 1. The first kappa shape index (κ1) is 18.2. The normalized spacial score (nSPS) is 30.8. The van der Waals surface area contributed by atoms with Gasteiger partial charge in [0.2, 0.25) is 0 Å². The highest BCUT2D eigenvalue weighted by molar-refractivity contribution is 4.87. The molecule has 3 heteroatoms. The van der Waals surface area contributed by atoms with Gasteiger partial charge in [0.1, 0.15) is 0 Å². The van der Waals surface area contributed by atoms with E-state index in [9.17, 15) is 0 Å². The van der Waals surface area contributed by atoms with Crippen LogP contribution >= 0.6 is 0 Å². The molecular weight excluding hydrogens is 272 g/mol. The van der Waals surface area contributed by atoms with Gasteiger partial charge >= 0.3 is 0 Å². The molecule has 2 fully saturated rings. The number of nitrogens with zero attached hydrogens (tertiary/aromatic N) is 2. The van der Waals surface area contributed by atoms with Gasteiger partial charge in [-0.15, -0.1) is 0 Å². The molecule has 0 aromatic carbocycles. The molecular formula is C19H38N2O. The molecule has 22 heavy (non-hydrogen) atoms. The van der Waals surface area contributed by atoms with Crippen molar-refractivity contribution in [3.8, 4) is 0 Å². The fourth-order valence-corrected chi connectivity index (χ4v) is 4.20. The standard InChI is InChI=1S/C19H38N2O/c1-6-17(4)13-19(5)15-20(11-12-22-19)14-18-7-9-21(10-8-18)16(2)3/h16-18H,6-15H2,1-5H3. The zero-order valence-corrected chi connectivity index (χ0v) is 15.6. The minimum atomic E-state index is 0.0757. The molecule has 0 aromatic heterocycles. The maximum atomic E-state index is 6.16. The van der Waals surface area contributed by atoms with Crippen molar-refractivity contribution in [1.82, 2.24) is 9.80 Å². The minimum Gasteiger partial charge on any atom is -0.373 e. The van der Waals surface area contributed by atoms with Crippen molar-refractivity contribution < 1.29 is 4.74 Å². The number of rotatable bonds is 6. The Morgan fingerprint density at radius 1 is 1.14 bits per heavy atom. The van der Waals surface area contributed by atoms with Gasteiger partial charge in [-0.1, -0.05) is 20.3 Å². The van der Waals surface area contributed by atoms with Crippen LogP contribution in [-0.2, 0) is 4.74 Å². The Kier molecular flexibility index (Phi) is 6.73. The summed E-state index contributed by atoms with van der Waals surface area (Å²) < 4.78 is 6.16. The summed E-state index contributed by atoms with van der Waals surface area (Å²) in [5, 5.41) is 0. The van der Waals surface area contributed by atoms with Crippen LogP contribution in [0.25, 0.3) is 0 Å². The highest BCUT2D eigenvalue weighted by atomic mass is 16.5. The van der Waals surface area contributed by atoms with Crippen molar-refractivity contribution >= 4 is 0 Å².